The molecular formula is C32H50N6O2. The van der Waals surface area contributed by atoms with Crippen LogP contribution in [0.5, 0.6) is 0 Å². The first kappa shape index (κ1) is 33.1. The molecule has 0 N–H and O–H groups in total. The first-order valence-corrected chi connectivity index (χ1v) is 14.7. The van der Waals surface area contributed by atoms with E-state index < -0.39 is 0 Å². The number of quaternary nitrogens is 2. The number of rotatable bonds is 14. The highest BCUT2D eigenvalue weighted by atomic mass is 16.3. The summed E-state index contributed by atoms with van der Waals surface area (Å²) in [5.41, 5.74) is 6.48. The summed E-state index contributed by atoms with van der Waals surface area (Å²) in [6.07, 6.45) is 0. The molecule has 2 aromatic carbocycles. The monoisotopic (exact) mass is 550 g/mol. The van der Waals surface area contributed by atoms with Gasteiger partial charge in [0.15, 0.2) is 0 Å². The second-order valence-corrected chi connectivity index (χ2v) is 11.0. The van der Waals surface area contributed by atoms with Crippen molar-refractivity contribution in [3.8, 4) is 0 Å². The van der Waals surface area contributed by atoms with E-state index in [-0.39, 0.29) is 11.8 Å². The fourth-order valence-corrected chi connectivity index (χ4v) is 5.36. The molecule has 0 fully saturated rings. The number of likely N-dealkylation sites (N-methyl/N-ethyl adjacent to an activating group) is 2. The van der Waals surface area contributed by atoms with E-state index >= 15 is 0 Å². The third-order valence-corrected chi connectivity index (χ3v) is 8.68. The van der Waals surface area contributed by atoms with Crippen molar-refractivity contribution in [1.29, 1.82) is 0 Å². The molecule has 0 spiro atoms. The van der Waals surface area contributed by atoms with Gasteiger partial charge in [-0.05, 0) is 116 Å². The zero-order valence-corrected chi connectivity index (χ0v) is 26.5. The predicted octanol–water partition coefficient (Wildman–Crippen LogP) is 5.87. The van der Waals surface area contributed by atoms with Crippen LogP contribution in [0.2, 0.25) is 0 Å². The number of hydrogen-bond acceptors (Lipinski definition) is 6. The van der Waals surface area contributed by atoms with Gasteiger partial charge in [-0.1, -0.05) is 0 Å². The lowest BCUT2D eigenvalue weighted by Crippen LogP contribution is -2.53. The summed E-state index contributed by atoms with van der Waals surface area (Å²) in [6.45, 7) is 26.8. The van der Waals surface area contributed by atoms with Crippen LogP contribution in [0.25, 0.3) is 0 Å². The van der Waals surface area contributed by atoms with Crippen molar-refractivity contribution in [3.63, 3.8) is 0 Å². The number of aryl methyl sites for hydroxylation is 4. The van der Waals surface area contributed by atoms with Gasteiger partial charge in [-0.2, -0.15) is 0 Å². The van der Waals surface area contributed by atoms with Crippen LogP contribution < -0.4 is 10.2 Å². The summed E-state index contributed by atoms with van der Waals surface area (Å²) in [7, 11) is 0. The van der Waals surface area contributed by atoms with E-state index in [4.69, 9.17) is 0 Å². The van der Waals surface area contributed by atoms with Crippen molar-refractivity contribution in [2.24, 2.45) is 20.2 Å². The second kappa shape index (κ2) is 14.5. The Labute approximate surface area is 242 Å². The Morgan fingerprint density at radius 3 is 1.00 bits per heavy atom. The normalized spacial score (nSPS) is 13.4. The van der Waals surface area contributed by atoms with Gasteiger partial charge in [0, 0.05) is 11.8 Å². The van der Waals surface area contributed by atoms with Gasteiger partial charge in [-0.15, -0.1) is 10.2 Å². The van der Waals surface area contributed by atoms with Crippen molar-refractivity contribution in [1.82, 2.24) is 0 Å². The first-order chi connectivity index (χ1) is 18.9. The number of benzene rings is 2. The van der Waals surface area contributed by atoms with E-state index in [0.29, 0.717) is 24.5 Å². The van der Waals surface area contributed by atoms with Gasteiger partial charge in [0.05, 0.1) is 62.0 Å². The Kier molecular flexibility index (Phi) is 12.0. The molecule has 0 heterocycles. The van der Waals surface area contributed by atoms with Crippen molar-refractivity contribution in [2.75, 3.05) is 52.4 Å². The fourth-order valence-electron chi connectivity index (χ4n) is 5.36. The quantitative estimate of drug-likeness (QED) is 0.127. The van der Waals surface area contributed by atoms with Crippen LogP contribution in [0, 0.1) is 27.7 Å². The molecule has 2 rings (SSSR count). The van der Waals surface area contributed by atoms with Gasteiger partial charge >= 0.3 is 0 Å². The Morgan fingerprint density at radius 1 is 0.525 bits per heavy atom. The topological polar surface area (TPSA) is 95.6 Å². The standard InChI is InChI=1S/C32H50N6O2/c1-11-37(12-2,13-3)21-29(39)33-27-17-23(7)31(24(8)18-27)35-36-32-25(9)19-28(20-26(32)10)34-30(40)22-38(14-4,15-5)16-6/h17-20H,11-16,21-22H2,1-10H3. The van der Waals surface area contributed by atoms with E-state index in [1.54, 1.807) is 0 Å². The number of azo groups is 1. The Hall–Kier alpha value is -3.10. The fraction of sp³-hybridized carbons (Fsp3) is 0.562. The van der Waals surface area contributed by atoms with Crippen molar-refractivity contribution >= 4 is 34.5 Å². The molecule has 40 heavy (non-hydrogen) atoms. The summed E-state index contributed by atoms with van der Waals surface area (Å²) in [6, 6.07) is 7.58. The van der Waals surface area contributed by atoms with E-state index in [9.17, 15) is 10.2 Å². The molecule has 0 saturated carbocycles. The first-order valence-electron chi connectivity index (χ1n) is 14.7. The van der Waals surface area contributed by atoms with Crippen molar-refractivity contribution < 1.29 is 19.2 Å². The van der Waals surface area contributed by atoms with Gasteiger partial charge in [0.2, 0.25) is 0 Å². The molecule has 220 valence electrons. The summed E-state index contributed by atoms with van der Waals surface area (Å²) >= 11 is 0. The highest BCUT2D eigenvalue weighted by Gasteiger charge is 2.21. The summed E-state index contributed by atoms with van der Waals surface area (Å²) in [5.74, 6) is -0.199. The van der Waals surface area contributed by atoms with Crippen LogP contribution in [0.1, 0.15) is 63.8 Å². The molecule has 0 saturated heterocycles. The zero-order chi connectivity index (χ0) is 30.1. The lowest BCUT2D eigenvalue weighted by atomic mass is 10.1. The SMILES string of the molecule is CC[N+](CC)(CC)CC([O-])=Nc1cc(C)c(N=Nc2c(C)cc(N=C([O-])C[N+](CC)(CC)CC)cc2C)c(C)c1. The second-order valence-electron chi connectivity index (χ2n) is 11.0. The molecule has 0 bridgehead atoms. The molecule has 8 heteroatoms. The van der Waals surface area contributed by atoms with Crippen LogP contribution in [0.15, 0.2) is 44.5 Å². The Balaban J connectivity index is 2.30. The lowest BCUT2D eigenvalue weighted by Gasteiger charge is -2.37. The minimum atomic E-state index is -0.0994. The average Bonchev–Trinajstić information content (AvgIpc) is 2.91. The van der Waals surface area contributed by atoms with E-state index in [1.165, 1.54) is 0 Å². The zero-order valence-electron chi connectivity index (χ0n) is 26.5. The van der Waals surface area contributed by atoms with Crippen LogP contribution in [0.4, 0.5) is 22.7 Å². The largest absolute Gasteiger partial charge is 0.858 e. The van der Waals surface area contributed by atoms with E-state index in [0.717, 1.165) is 81.9 Å². The smallest absolute Gasteiger partial charge is 0.108 e. The highest BCUT2D eigenvalue weighted by molar-refractivity contribution is 5.78. The van der Waals surface area contributed by atoms with Crippen LogP contribution >= 0.6 is 0 Å². The molecule has 0 aliphatic rings. The Bertz CT molecular complexity index is 1080. The molecule has 0 atom stereocenters. The van der Waals surface area contributed by atoms with Crippen LogP contribution in [-0.4, -0.2) is 73.1 Å². The molecule has 2 aromatic rings. The van der Waals surface area contributed by atoms with Gasteiger partial charge in [-0.25, -0.2) is 0 Å². The third kappa shape index (κ3) is 8.21. The van der Waals surface area contributed by atoms with Crippen molar-refractivity contribution in [3.05, 3.63) is 46.5 Å². The minimum absolute atomic E-state index is 0.0994. The number of hydrogen-bond donors (Lipinski definition) is 0. The molecule has 0 aliphatic heterocycles. The van der Waals surface area contributed by atoms with Crippen LogP contribution in [0.3, 0.4) is 0 Å². The van der Waals surface area contributed by atoms with E-state index in [1.807, 2.05) is 52.0 Å². The van der Waals surface area contributed by atoms with Gasteiger partial charge in [-0.3, -0.25) is 9.98 Å². The molecular weight excluding hydrogens is 500 g/mol. The maximum absolute atomic E-state index is 12.8. The van der Waals surface area contributed by atoms with Crippen LogP contribution in [-0.2, 0) is 0 Å². The lowest BCUT2D eigenvalue weighted by molar-refractivity contribution is -0.916. The maximum atomic E-state index is 12.8. The van der Waals surface area contributed by atoms with E-state index in [2.05, 4.69) is 61.8 Å². The number of aliphatic imine (C=N–C) groups is 2. The highest BCUT2D eigenvalue weighted by Crippen LogP contribution is 2.34. The molecule has 8 nitrogen and oxygen atoms in total. The van der Waals surface area contributed by atoms with Gasteiger partial charge in [0.1, 0.15) is 13.1 Å². The Morgan fingerprint density at radius 2 is 0.775 bits per heavy atom. The summed E-state index contributed by atoms with van der Waals surface area (Å²) in [4.78, 5) is 8.81. The maximum Gasteiger partial charge on any atom is 0.108 e. The molecule has 0 aliphatic carbocycles. The van der Waals surface area contributed by atoms with Gasteiger partial charge in [0.25, 0.3) is 0 Å². The predicted molar refractivity (Wildman–Crippen MR) is 164 cm³/mol. The molecule has 0 radical (unpaired) electrons. The summed E-state index contributed by atoms with van der Waals surface area (Å²) in [5, 5.41) is 34.7. The summed E-state index contributed by atoms with van der Waals surface area (Å²) < 4.78 is 1.48. The average molecular weight is 551 g/mol. The third-order valence-electron chi connectivity index (χ3n) is 8.68. The molecule has 0 aromatic heterocycles. The minimum Gasteiger partial charge on any atom is -0.858 e. The molecule has 0 amide bonds. The molecule has 0 unspecified atom stereocenters. The van der Waals surface area contributed by atoms with Gasteiger partial charge < -0.3 is 19.2 Å². The number of nitrogens with zero attached hydrogens (tertiary/aromatic N) is 6. The van der Waals surface area contributed by atoms with Crippen molar-refractivity contribution in [2.45, 2.75) is 69.2 Å².